The van der Waals surface area contributed by atoms with E-state index in [0.29, 0.717) is 41.3 Å². The van der Waals surface area contributed by atoms with Gasteiger partial charge >= 0.3 is 0 Å². The summed E-state index contributed by atoms with van der Waals surface area (Å²) in [5.74, 6) is -0.989. The van der Waals surface area contributed by atoms with E-state index in [0.717, 1.165) is 19.4 Å². The summed E-state index contributed by atoms with van der Waals surface area (Å²) in [4.78, 5) is 26.4. The second-order valence-corrected chi connectivity index (χ2v) is 6.78. The van der Waals surface area contributed by atoms with Crippen molar-refractivity contribution >= 4 is 53.1 Å². The van der Waals surface area contributed by atoms with Gasteiger partial charge in [0.25, 0.3) is 0 Å². The summed E-state index contributed by atoms with van der Waals surface area (Å²) in [6.45, 7) is 2.08. The average Bonchev–Trinajstić information content (AvgIpc) is 3.17. The van der Waals surface area contributed by atoms with Crippen molar-refractivity contribution in [3.63, 3.8) is 0 Å². The first-order valence-corrected chi connectivity index (χ1v) is 8.59. The topological polar surface area (TPSA) is 61.4 Å². The van der Waals surface area contributed by atoms with Crippen LogP contribution in [-0.2, 0) is 9.59 Å². The number of nitrogens with one attached hydrogen (secondary N) is 2. The molecule has 2 unspecified atom stereocenters. The van der Waals surface area contributed by atoms with E-state index in [9.17, 15) is 9.59 Å². The highest BCUT2D eigenvalue weighted by molar-refractivity contribution is 6.42. The van der Waals surface area contributed by atoms with Gasteiger partial charge in [0.05, 0.1) is 10.0 Å². The zero-order valence-corrected chi connectivity index (χ0v) is 15.4. The van der Waals surface area contributed by atoms with Crippen molar-refractivity contribution < 1.29 is 9.59 Å². The van der Waals surface area contributed by atoms with Crippen LogP contribution in [0.3, 0.4) is 0 Å². The number of carbonyl (C=O) groups excluding carboxylic acids is 2. The molecule has 2 saturated heterocycles. The van der Waals surface area contributed by atoms with Gasteiger partial charge in [-0.05, 0) is 44.0 Å². The lowest BCUT2D eigenvalue weighted by atomic mass is 10.1. The van der Waals surface area contributed by atoms with Crippen molar-refractivity contribution in [2.24, 2.45) is 5.92 Å². The molecular formula is C16H20Cl3N3O2. The number of anilines is 1. The standard InChI is InChI=1S/C16H19Cl2N3O2.ClH/c17-13-4-3-11(8-14(13)18)21-7-5-12(16(21)23)15(22)20-9-10-2-1-6-19-10;/h3-4,8,10,12,19H,1-2,5-7,9H2,(H,20,22);1H. The Hall–Kier alpha value is -1.01. The van der Waals surface area contributed by atoms with Crippen LogP contribution < -0.4 is 15.5 Å². The van der Waals surface area contributed by atoms with Gasteiger partial charge in [-0.1, -0.05) is 23.2 Å². The van der Waals surface area contributed by atoms with Gasteiger partial charge < -0.3 is 15.5 Å². The van der Waals surface area contributed by atoms with Gasteiger partial charge in [-0.25, -0.2) is 0 Å². The van der Waals surface area contributed by atoms with Crippen LogP contribution in [0.2, 0.25) is 10.0 Å². The maximum absolute atomic E-state index is 12.5. The van der Waals surface area contributed by atoms with E-state index < -0.39 is 5.92 Å². The summed E-state index contributed by atoms with van der Waals surface area (Å²) in [7, 11) is 0. The van der Waals surface area contributed by atoms with Crippen LogP contribution in [0.25, 0.3) is 0 Å². The van der Waals surface area contributed by atoms with Gasteiger partial charge in [0.15, 0.2) is 0 Å². The quantitative estimate of drug-likeness (QED) is 0.774. The summed E-state index contributed by atoms with van der Waals surface area (Å²) < 4.78 is 0. The van der Waals surface area contributed by atoms with Crippen LogP contribution in [0.15, 0.2) is 18.2 Å². The summed E-state index contributed by atoms with van der Waals surface area (Å²) in [6.07, 6.45) is 2.71. The minimum absolute atomic E-state index is 0. The molecule has 2 atom stereocenters. The van der Waals surface area contributed by atoms with Crippen molar-refractivity contribution in [1.29, 1.82) is 0 Å². The van der Waals surface area contributed by atoms with Gasteiger partial charge in [-0.2, -0.15) is 0 Å². The molecule has 24 heavy (non-hydrogen) atoms. The fraction of sp³-hybridized carbons (Fsp3) is 0.500. The molecule has 2 aliphatic heterocycles. The summed E-state index contributed by atoms with van der Waals surface area (Å²) in [5.41, 5.74) is 0.678. The first-order chi connectivity index (χ1) is 11.1. The fourth-order valence-corrected chi connectivity index (χ4v) is 3.40. The molecule has 0 saturated carbocycles. The van der Waals surface area contributed by atoms with E-state index in [4.69, 9.17) is 23.2 Å². The third-order valence-electron chi connectivity index (χ3n) is 4.42. The van der Waals surface area contributed by atoms with Crippen LogP contribution in [0.1, 0.15) is 19.3 Å². The highest BCUT2D eigenvalue weighted by Gasteiger charge is 2.37. The molecule has 2 N–H and O–H groups in total. The van der Waals surface area contributed by atoms with Gasteiger partial charge in [-0.15, -0.1) is 12.4 Å². The van der Waals surface area contributed by atoms with E-state index in [1.807, 2.05) is 0 Å². The van der Waals surface area contributed by atoms with Crippen molar-refractivity contribution in [2.45, 2.75) is 25.3 Å². The van der Waals surface area contributed by atoms with Gasteiger partial charge in [0, 0.05) is 24.8 Å². The molecule has 0 radical (unpaired) electrons. The van der Waals surface area contributed by atoms with E-state index in [2.05, 4.69) is 10.6 Å². The van der Waals surface area contributed by atoms with Gasteiger partial charge in [0.2, 0.25) is 11.8 Å². The number of amides is 2. The molecule has 1 aromatic carbocycles. The molecule has 0 bridgehead atoms. The third kappa shape index (κ3) is 4.14. The second kappa shape index (κ2) is 8.39. The molecule has 132 valence electrons. The maximum atomic E-state index is 12.5. The lowest BCUT2D eigenvalue weighted by Crippen LogP contribution is -2.42. The number of halogens is 3. The van der Waals surface area contributed by atoms with Crippen molar-refractivity contribution in [3.8, 4) is 0 Å². The Balaban J connectivity index is 0.00000208. The first-order valence-electron chi connectivity index (χ1n) is 7.84. The minimum atomic E-state index is -0.620. The lowest BCUT2D eigenvalue weighted by Gasteiger charge is -2.18. The molecule has 2 fully saturated rings. The van der Waals surface area contributed by atoms with E-state index >= 15 is 0 Å². The zero-order valence-electron chi connectivity index (χ0n) is 13.1. The van der Waals surface area contributed by atoms with Gasteiger partial charge in [0.1, 0.15) is 5.92 Å². The molecule has 1 aromatic rings. The monoisotopic (exact) mass is 391 g/mol. The Bertz CT molecular complexity index is 621. The maximum Gasteiger partial charge on any atom is 0.239 e. The minimum Gasteiger partial charge on any atom is -0.354 e. The highest BCUT2D eigenvalue weighted by atomic mass is 35.5. The van der Waals surface area contributed by atoms with Crippen LogP contribution in [0, 0.1) is 5.92 Å². The van der Waals surface area contributed by atoms with Crippen molar-refractivity contribution in [1.82, 2.24) is 10.6 Å². The molecule has 0 aromatic heterocycles. The number of hydrogen-bond acceptors (Lipinski definition) is 3. The van der Waals surface area contributed by atoms with Crippen LogP contribution >= 0.6 is 35.6 Å². The first kappa shape index (κ1) is 19.3. The number of carbonyl (C=O) groups is 2. The average molecular weight is 393 g/mol. The normalized spacial score (nSPS) is 23.2. The SMILES string of the molecule is Cl.O=C(NCC1CCCN1)C1CCN(c2ccc(Cl)c(Cl)c2)C1=O. The highest BCUT2D eigenvalue weighted by Crippen LogP contribution is 2.31. The number of nitrogens with zero attached hydrogens (tertiary/aromatic N) is 1. The van der Waals surface area contributed by atoms with Crippen molar-refractivity contribution in [2.75, 3.05) is 24.5 Å². The van der Waals surface area contributed by atoms with Gasteiger partial charge in [-0.3, -0.25) is 9.59 Å². The van der Waals surface area contributed by atoms with E-state index in [-0.39, 0.29) is 24.2 Å². The molecule has 2 amide bonds. The Kier molecular flexibility index (Phi) is 6.75. The predicted molar refractivity (Wildman–Crippen MR) is 98.2 cm³/mol. The van der Waals surface area contributed by atoms with E-state index in [1.54, 1.807) is 23.1 Å². The molecule has 2 heterocycles. The molecule has 5 nitrogen and oxygen atoms in total. The number of benzene rings is 1. The van der Waals surface area contributed by atoms with Crippen molar-refractivity contribution in [3.05, 3.63) is 28.2 Å². The summed E-state index contributed by atoms with van der Waals surface area (Å²) in [6, 6.07) is 5.38. The second-order valence-electron chi connectivity index (χ2n) is 5.97. The summed E-state index contributed by atoms with van der Waals surface area (Å²) in [5, 5.41) is 7.06. The molecule has 0 spiro atoms. The smallest absolute Gasteiger partial charge is 0.239 e. The largest absolute Gasteiger partial charge is 0.354 e. The molecule has 8 heteroatoms. The molecule has 0 aliphatic carbocycles. The lowest BCUT2D eigenvalue weighted by molar-refractivity contribution is -0.132. The third-order valence-corrected chi connectivity index (χ3v) is 5.16. The predicted octanol–water partition coefficient (Wildman–Crippen LogP) is 2.64. The Morgan fingerprint density at radius 1 is 1.29 bits per heavy atom. The number of hydrogen-bond donors (Lipinski definition) is 2. The Morgan fingerprint density at radius 3 is 2.75 bits per heavy atom. The van der Waals surface area contributed by atoms with Crippen LogP contribution in [-0.4, -0.2) is 37.5 Å². The Labute approximate surface area is 157 Å². The fourth-order valence-electron chi connectivity index (χ4n) is 3.11. The summed E-state index contributed by atoms with van der Waals surface area (Å²) >= 11 is 11.9. The molecule has 3 rings (SSSR count). The Morgan fingerprint density at radius 2 is 2.08 bits per heavy atom. The molecule has 2 aliphatic rings. The van der Waals surface area contributed by atoms with Crippen LogP contribution in [0.5, 0.6) is 0 Å². The van der Waals surface area contributed by atoms with Crippen LogP contribution in [0.4, 0.5) is 5.69 Å². The number of rotatable bonds is 4. The van der Waals surface area contributed by atoms with E-state index in [1.165, 1.54) is 0 Å². The molecular weight excluding hydrogens is 373 g/mol. The zero-order chi connectivity index (χ0) is 16.4.